The summed E-state index contributed by atoms with van der Waals surface area (Å²) < 4.78 is 5.37. The molecule has 2 aliphatic heterocycles. The number of ether oxygens (including phenoxy) is 1. The number of amides is 2. The molecule has 2 aromatic carbocycles. The molecule has 3 aromatic rings. The molecule has 8 heteroatoms. The molecule has 2 fully saturated rings. The minimum atomic E-state index is -0.161. The number of benzene rings is 2. The molecule has 192 valence electrons. The summed E-state index contributed by atoms with van der Waals surface area (Å²) >= 11 is 5.92. The number of piperidine rings is 1. The molecule has 2 bridgehead atoms. The topological polar surface area (TPSA) is 83.6 Å². The molecule has 2 saturated heterocycles. The summed E-state index contributed by atoms with van der Waals surface area (Å²) in [7, 11) is 1.62. The molecule has 5 rings (SSSR count). The average Bonchev–Trinajstić information content (AvgIpc) is 3.18. The molecule has 2 N–H and O–H groups in total. The van der Waals surface area contributed by atoms with Crippen LogP contribution in [0.25, 0.3) is 0 Å². The molecule has 0 saturated carbocycles. The van der Waals surface area contributed by atoms with E-state index in [1.165, 1.54) is 0 Å². The van der Waals surface area contributed by atoms with Crippen LogP contribution in [0.3, 0.4) is 0 Å². The number of anilines is 1. The van der Waals surface area contributed by atoms with Gasteiger partial charge in [-0.25, -0.2) is 4.98 Å². The van der Waals surface area contributed by atoms with Crippen LogP contribution in [0.5, 0.6) is 5.75 Å². The maximum atomic E-state index is 13.0. The molecule has 0 aliphatic carbocycles. The Morgan fingerprint density at radius 3 is 2.41 bits per heavy atom. The molecule has 2 amide bonds. The van der Waals surface area contributed by atoms with Gasteiger partial charge in [0.25, 0.3) is 11.8 Å². The van der Waals surface area contributed by atoms with Gasteiger partial charge in [0, 0.05) is 47.0 Å². The highest BCUT2D eigenvalue weighted by Gasteiger charge is 2.42. The number of pyridine rings is 1. The van der Waals surface area contributed by atoms with Crippen LogP contribution >= 0.6 is 11.6 Å². The van der Waals surface area contributed by atoms with Crippen LogP contribution in [0.1, 0.15) is 57.5 Å². The second-order valence-corrected chi connectivity index (χ2v) is 10.2. The van der Waals surface area contributed by atoms with Crippen LogP contribution in [-0.2, 0) is 6.54 Å². The van der Waals surface area contributed by atoms with E-state index in [-0.39, 0.29) is 17.9 Å². The monoisotopic (exact) mass is 518 g/mol. The Kier molecular flexibility index (Phi) is 7.33. The van der Waals surface area contributed by atoms with Gasteiger partial charge in [-0.15, -0.1) is 0 Å². The van der Waals surface area contributed by atoms with Crippen LogP contribution in [-0.4, -0.2) is 42.0 Å². The summed E-state index contributed by atoms with van der Waals surface area (Å²) in [5, 5.41) is 6.85. The van der Waals surface area contributed by atoms with Gasteiger partial charge in [-0.1, -0.05) is 29.8 Å². The summed E-state index contributed by atoms with van der Waals surface area (Å²) in [4.78, 5) is 32.6. The molecule has 37 heavy (non-hydrogen) atoms. The van der Waals surface area contributed by atoms with E-state index in [1.54, 1.807) is 13.3 Å². The Hall–Kier alpha value is -3.58. The minimum absolute atomic E-state index is 0.0543. The van der Waals surface area contributed by atoms with Crippen molar-refractivity contribution in [2.75, 3.05) is 12.0 Å². The number of methoxy groups -OCH3 is 1. The molecule has 0 spiro atoms. The van der Waals surface area contributed by atoms with E-state index in [9.17, 15) is 9.59 Å². The minimum Gasteiger partial charge on any atom is -0.496 e. The number of nitrogens with one attached hydrogen (secondary N) is 2. The lowest BCUT2D eigenvalue weighted by molar-refractivity contribution is 0.0923. The number of nitrogens with zero attached hydrogens (tertiary/aromatic N) is 2. The van der Waals surface area contributed by atoms with Crippen molar-refractivity contribution in [2.45, 2.75) is 57.3 Å². The normalized spacial score (nSPS) is 20.4. The first-order valence-electron chi connectivity index (χ1n) is 12.6. The van der Waals surface area contributed by atoms with Crippen molar-refractivity contribution in [3.63, 3.8) is 0 Å². The lowest BCUT2D eigenvalue weighted by atomic mass is 9.96. The van der Waals surface area contributed by atoms with Gasteiger partial charge in [-0.05, 0) is 74.6 Å². The molecule has 3 atom stereocenters. The van der Waals surface area contributed by atoms with Crippen LogP contribution in [0.4, 0.5) is 5.82 Å². The molecular formula is C29H31ClN4O3. The van der Waals surface area contributed by atoms with Crippen molar-refractivity contribution in [3.8, 4) is 5.75 Å². The van der Waals surface area contributed by atoms with Gasteiger partial charge in [-0.3, -0.25) is 9.59 Å². The van der Waals surface area contributed by atoms with E-state index in [0.29, 0.717) is 34.8 Å². The predicted molar refractivity (Wildman–Crippen MR) is 144 cm³/mol. The van der Waals surface area contributed by atoms with Crippen LogP contribution in [0, 0.1) is 6.92 Å². The summed E-state index contributed by atoms with van der Waals surface area (Å²) in [5.41, 5.74) is 3.02. The Balaban J connectivity index is 1.19. The molecule has 0 radical (unpaired) electrons. The van der Waals surface area contributed by atoms with Crippen LogP contribution in [0.2, 0.25) is 5.02 Å². The van der Waals surface area contributed by atoms with E-state index in [2.05, 4.69) is 20.5 Å². The van der Waals surface area contributed by atoms with E-state index < -0.39 is 0 Å². The van der Waals surface area contributed by atoms with Gasteiger partial charge in [0.1, 0.15) is 11.6 Å². The highest BCUT2D eigenvalue weighted by atomic mass is 35.5. The second-order valence-electron chi connectivity index (χ2n) is 9.78. The maximum absolute atomic E-state index is 13.0. The fourth-order valence-corrected chi connectivity index (χ4v) is 5.70. The number of hydrogen-bond acceptors (Lipinski definition) is 5. The molecule has 0 unspecified atom stereocenters. The summed E-state index contributed by atoms with van der Waals surface area (Å²) in [5.74, 6) is 1.39. The zero-order chi connectivity index (χ0) is 25.9. The smallest absolute Gasteiger partial charge is 0.253 e. The van der Waals surface area contributed by atoms with Gasteiger partial charge in [0.15, 0.2) is 0 Å². The number of rotatable bonds is 7. The third kappa shape index (κ3) is 5.42. The van der Waals surface area contributed by atoms with Crippen molar-refractivity contribution in [3.05, 3.63) is 88.1 Å². The first-order valence-corrected chi connectivity index (χ1v) is 13.0. The molecule has 1 aromatic heterocycles. The highest BCUT2D eigenvalue weighted by molar-refractivity contribution is 6.30. The number of hydrogen-bond donors (Lipinski definition) is 2. The van der Waals surface area contributed by atoms with Crippen LogP contribution in [0.15, 0.2) is 60.8 Å². The summed E-state index contributed by atoms with van der Waals surface area (Å²) in [6, 6.07) is 17.5. The number of carbonyl (C=O) groups is 2. The van der Waals surface area contributed by atoms with Crippen molar-refractivity contribution < 1.29 is 14.3 Å². The molecule has 7 nitrogen and oxygen atoms in total. The number of fused-ring (bicyclic) bond motifs is 2. The van der Waals surface area contributed by atoms with Gasteiger partial charge < -0.3 is 20.3 Å². The molecular weight excluding hydrogens is 488 g/mol. The number of carbonyl (C=O) groups excluding carboxylic acids is 2. The van der Waals surface area contributed by atoms with E-state index in [1.807, 2.05) is 61.5 Å². The van der Waals surface area contributed by atoms with Gasteiger partial charge in [-0.2, -0.15) is 0 Å². The summed E-state index contributed by atoms with van der Waals surface area (Å²) in [6.07, 6.45) is 5.53. The SMILES string of the molecule is COc1cccc(C(=O)N[C@H]2C[C@H]3CC[C@@H](C2)N3c2ccc(C(=O)NCc3ccc(Cl)cc3)cn2)c1C. The van der Waals surface area contributed by atoms with E-state index in [4.69, 9.17) is 16.3 Å². The largest absolute Gasteiger partial charge is 0.496 e. The van der Waals surface area contributed by atoms with Gasteiger partial charge >= 0.3 is 0 Å². The van der Waals surface area contributed by atoms with Crippen molar-refractivity contribution in [1.82, 2.24) is 15.6 Å². The van der Waals surface area contributed by atoms with Gasteiger partial charge in [0.05, 0.1) is 12.7 Å². The maximum Gasteiger partial charge on any atom is 0.253 e. The third-order valence-corrected chi connectivity index (χ3v) is 7.71. The standard InChI is InChI=1S/C29H31ClN4O3/c1-18-25(4-3-5-26(18)37-2)29(36)33-22-14-23-11-12-24(15-22)34(23)27-13-8-20(17-31-27)28(35)32-16-19-6-9-21(30)10-7-19/h3-10,13,17,22-24H,11-12,14-16H2,1-2H3,(H,32,35)(H,33,36)/t22-,23+,24-. The molecule has 2 aliphatic rings. The molecule has 3 heterocycles. The summed E-state index contributed by atoms with van der Waals surface area (Å²) in [6.45, 7) is 2.34. The first-order chi connectivity index (χ1) is 17.9. The van der Waals surface area contributed by atoms with Gasteiger partial charge in [0.2, 0.25) is 0 Å². The quantitative estimate of drug-likeness (QED) is 0.464. The Bertz CT molecular complexity index is 1270. The van der Waals surface area contributed by atoms with Crippen molar-refractivity contribution in [1.29, 1.82) is 0 Å². The highest BCUT2D eigenvalue weighted by Crippen LogP contribution is 2.38. The number of aromatic nitrogens is 1. The average molecular weight is 519 g/mol. The Morgan fingerprint density at radius 1 is 1.03 bits per heavy atom. The second kappa shape index (κ2) is 10.8. The Labute approximate surface area is 222 Å². The fourth-order valence-electron chi connectivity index (χ4n) is 5.57. The number of halogens is 1. The van der Waals surface area contributed by atoms with Crippen molar-refractivity contribution >= 4 is 29.2 Å². The zero-order valence-electron chi connectivity index (χ0n) is 21.0. The zero-order valence-corrected chi connectivity index (χ0v) is 21.8. The van der Waals surface area contributed by atoms with E-state index >= 15 is 0 Å². The Morgan fingerprint density at radius 2 is 1.76 bits per heavy atom. The van der Waals surface area contributed by atoms with Crippen LogP contribution < -0.4 is 20.3 Å². The first kappa shape index (κ1) is 25.1. The third-order valence-electron chi connectivity index (χ3n) is 7.46. The van der Waals surface area contributed by atoms with Crippen molar-refractivity contribution in [2.24, 2.45) is 0 Å². The lowest BCUT2D eigenvalue weighted by Gasteiger charge is -2.40. The lowest BCUT2D eigenvalue weighted by Crippen LogP contribution is -2.50. The fraction of sp³-hybridized carbons (Fsp3) is 0.345. The van der Waals surface area contributed by atoms with E-state index in [0.717, 1.165) is 48.4 Å². The predicted octanol–water partition coefficient (Wildman–Crippen LogP) is 4.91.